The second kappa shape index (κ2) is 15.1. The number of ether oxygens (including phenoxy) is 4. The zero-order valence-corrected chi connectivity index (χ0v) is 30.0. The first-order valence-electron chi connectivity index (χ1n) is 17.8. The third-order valence-corrected chi connectivity index (χ3v) is 13.3. The van der Waals surface area contributed by atoms with Gasteiger partial charge in [-0.05, 0) is 97.7 Å². The number of aromatic hydroxyl groups is 2. The molecular formula is C39H48O8S2. The maximum atomic E-state index is 12.4. The first kappa shape index (κ1) is 34.5. The van der Waals surface area contributed by atoms with Crippen molar-refractivity contribution >= 4 is 21.6 Å². The van der Waals surface area contributed by atoms with Crippen LogP contribution in [0.1, 0.15) is 98.5 Å². The van der Waals surface area contributed by atoms with Gasteiger partial charge in [-0.3, -0.25) is 0 Å². The monoisotopic (exact) mass is 708 g/mol. The van der Waals surface area contributed by atoms with Gasteiger partial charge in [0.1, 0.15) is 30.0 Å². The molecule has 0 amide bonds. The number of rotatable bonds is 7. The number of benzene rings is 3. The van der Waals surface area contributed by atoms with Crippen molar-refractivity contribution in [2.45, 2.75) is 94.9 Å². The zero-order valence-electron chi connectivity index (χ0n) is 28.4. The molecule has 0 saturated heterocycles. The molecule has 1 saturated carbocycles. The van der Waals surface area contributed by atoms with Crippen LogP contribution in [0.4, 0.5) is 0 Å². The number of hydrogen-bond acceptors (Lipinski definition) is 10. The molecule has 8 nitrogen and oxygen atoms in total. The van der Waals surface area contributed by atoms with E-state index >= 15 is 0 Å². The Morgan fingerprint density at radius 1 is 0.918 bits per heavy atom. The van der Waals surface area contributed by atoms with Crippen molar-refractivity contribution in [1.29, 1.82) is 0 Å². The van der Waals surface area contributed by atoms with E-state index in [1.807, 2.05) is 29.0 Å². The van der Waals surface area contributed by atoms with Gasteiger partial charge in [-0.25, -0.2) is 0 Å². The van der Waals surface area contributed by atoms with Gasteiger partial charge >= 0.3 is 0 Å². The van der Waals surface area contributed by atoms with E-state index in [4.69, 9.17) is 18.9 Å². The Kier molecular flexibility index (Phi) is 10.7. The minimum atomic E-state index is -0.894. The van der Waals surface area contributed by atoms with Gasteiger partial charge in [0.05, 0.1) is 19.8 Å². The predicted molar refractivity (Wildman–Crippen MR) is 195 cm³/mol. The molecule has 7 rings (SSSR count). The molecule has 2 heterocycles. The number of fused-ring (bicyclic) bond motifs is 4. The van der Waals surface area contributed by atoms with Crippen molar-refractivity contribution < 1.29 is 39.4 Å². The van der Waals surface area contributed by atoms with Crippen LogP contribution in [-0.4, -0.2) is 64.5 Å². The molecule has 5 atom stereocenters. The topological polar surface area (TPSA) is 118 Å². The van der Waals surface area contributed by atoms with Gasteiger partial charge in [-0.1, -0.05) is 47.4 Å². The quantitative estimate of drug-likeness (QED) is 0.179. The third kappa shape index (κ3) is 7.03. The Labute approximate surface area is 296 Å². The van der Waals surface area contributed by atoms with Crippen LogP contribution in [0.5, 0.6) is 34.5 Å². The summed E-state index contributed by atoms with van der Waals surface area (Å²) in [6.45, 7) is 2.32. The maximum absolute atomic E-state index is 12.4. The van der Waals surface area contributed by atoms with E-state index in [1.54, 1.807) is 29.0 Å². The lowest BCUT2D eigenvalue weighted by atomic mass is 9.71. The number of aliphatic hydroxyl groups excluding tert-OH is 2. The van der Waals surface area contributed by atoms with E-state index in [0.29, 0.717) is 34.5 Å². The highest BCUT2D eigenvalue weighted by Gasteiger charge is 2.43. The van der Waals surface area contributed by atoms with E-state index < -0.39 is 12.2 Å². The number of methoxy groups -OCH3 is 1. The standard InChI is InChI=1S/C39H48O8S2/c1-22-8-9-23-16-29-35(27-11-10-25(41)19-28(23)27)31(45-14-13-40)20-32-36(29)30(21-49-48-15-12-22)37(42)39(47-32)24-17-33(44-2)38(43)34(18-24)46-26-6-4-3-5-7-26/h10-11,17-20,22-23,26,30,37,39-43H,3-9,12-16,21H2,1-2H3. The van der Waals surface area contributed by atoms with Crippen LogP contribution >= 0.6 is 21.6 Å². The molecule has 3 aromatic rings. The van der Waals surface area contributed by atoms with Crippen molar-refractivity contribution in [2.75, 3.05) is 31.8 Å². The van der Waals surface area contributed by atoms with Crippen LogP contribution in [0.3, 0.4) is 0 Å². The normalized spacial score (nSPS) is 25.5. The van der Waals surface area contributed by atoms with E-state index in [2.05, 4.69) is 6.92 Å². The Bertz CT molecular complexity index is 1640. The molecule has 49 heavy (non-hydrogen) atoms. The van der Waals surface area contributed by atoms with Crippen molar-refractivity contribution in [3.8, 4) is 45.6 Å². The molecule has 3 aromatic carbocycles. The number of phenolic OH excluding ortho intramolecular Hbond substituents is 2. The highest BCUT2D eigenvalue weighted by Crippen LogP contribution is 2.56. The van der Waals surface area contributed by atoms with Gasteiger partial charge in [0.15, 0.2) is 17.6 Å². The third-order valence-electron chi connectivity index (χ3n) is 10.8. The van der Waals surface area contributed by atoms with Gasteiger partial charge in [0, 0.05) is 40.2 Å². The van der Waals surface area contributed by atoms with Crippen LogP contribution in [0, 0.1) is 5.92 Å². The molecule has 2 bridgehead atoms. The summed E-state index contributed by atoms with van der Waals surface area (Å²) in [5, 5.41) is 43.8. The van der Waals surface area contributed by atoms with Crippen molar-refractivity contribution in [1.82, 2.24) is 0 Å². The van der Waals surface area contributed by atoms with Crippen LogP contribution in [0.25, 0.3) is 11.1 Å². The van der Waals surface area contributed by atoms with Gasteiger partial charge in [0.2, 0.25) is 5.75 Å². The van der Waals surface area contributed by atoms with Gasteiger partial charge in [-0.2, -0.15) is 0 Å². The van der Waals surface area contributed by atoms with Gasteiger partial charge < -0.3 is 39.4 Å². The first-order chi connectivity index (χ1) is 23.9. The van der Waals surface area contributed by atoms with Crippen LogP contribution in [-0.2, 0) is 6.42 Å². The summed E-state index contributed by atoms with van der Waals surface area (Å²) in [4.78, 5) is 0. The molecule has 264 valence electrons. The number of hydrogen-bond donors (Lipinski definition) is 4. The first-order valence-corrected chi connectivity index (χ1v) is 20.3. The zero-order chi connectivity index (χ0) is 34.1. The predicted octanol–water partition coefficient (Wildman–Crippen LogP) is 8.28. The molecule has 1 fully saturated rings. The highest BCUT2D eigenvalue weighted by atomic mass is 33.1. The fraction of sp³-hybridized carbons (Fsp3) is 0.538. The fourth-order valence-corrected chi connectivity index (χ4v) is 10.8. The minimum Gasteiger partial charge on any atom is -0.508 e. The summed E-state index contributed by atoms with van der Waals surface area (Å²) in [6, 6.07) is 11.1. The van der Waals surface area contributed by atoms with Crippen LogP contribution < -0.4 is 18.9 Å². The summed E-state index contributed by atoms with van der Waals surface area (Å²) in [5.74, 6) is 4.32. The molecule has 0 radical (unpaired) electrons. The maximum Gasteiger partial charge on any atom is 0.200 e. The number of aliphatic hydroxyl groups is 2. The van der Waals surface area contributed by atoms with Crippen molar-refractivity contribution in [3.63, 3.8) is 0 Å². The van der Waals surface area contributed by atoms with Gasteiger partial charge in [-0.15, -0.1) is 0 Å². The molecule has 5 unspecified atom stereocenters. The smallest absolute Gasteiger partial charge is 0.200 e. The Morgan fingerprint density at radius 2 is 1.73 bits per heavy atom. The fourth-order valence-electron chi connectivity index (χ4n) is 8.18. The average molecular weight is 709 g/mol. The van der Waals surface area contributed by atoms with Crippen molar-refractivity contribution in [3.05, 3.63) is 58.7 Å². The SMILES string of the molecule is COc1cc(C2Oc3cc(OCCO)c4c5c3C(CSSCCC(C)CCC(C5)c3cc(O)ccc3-4)C2O)cc(OC2CCCCC2)c1O. The highest BCUT2D eigenvalue weighted by molar-refractivity contribution is 8.76. The molecule has 10 heteroatoms. The van der Waals surface area contributed by atoms with E-state index in [1.165, 1.54) is 13.5 Å². The molecule has 0 spiro atoms. The summed E-state index contributed by atoms with van der Waals surface area (Å²) in [6.07, 6.45) is 7.54. The van der Waals surface area contributed by atoms with Crippen LogP contribution in [0.2, 0.25) is 0 Å². The summed E-state index contributed by atoms with van der Waals surface area (Å²) < 4.78 is 25.1. The lowest BCUT2D eigenvalue weighted by Gasteiger charge is -2.41. The van der Waals surface area contributed by atoms with E-state index in [9.17, 15) is 20.4 Å². The Hall–Kier alpha value is -2.92. The molecule has 2 aliphatic carbocycles. The average Bonchev–Trinajstić information content (AvgIpc) is 3.12. The summed E-state index contributed by atoms with van der Waals surface area (Å²) in [7, 11) is 5.18. The molecular weight excluding hydrogens is 661 g/mol. The second-order valence-corrected chi connectivity index (χ2v) is 16.7. The molecule has 4 N–H and O–H groups in total. The Morgan fingerprint density at radius 3 is 2.53 bits per heavy atom. The van der Waals surface area contributed by atoms with Gasteiger partial charge in [0.25, 0.3) is 0 Å². The number of phenols is 2. The largest absolute Gasteiger partial charge is 0.508 e. The lowest BCUT2D eigenvalue weighted by Crippen LogP contribution is -2.37. The minimum absolute atomic E-state index is 0.0135. The lowest BCUT2D eigenvalue weighted by molar-refractivity contribution is 0.00403. The van der Waals surface area contributed by atoms with E-state index in [-0.39, 0.29) is 48.4 Å². The molecule has 2 aliphatic heterocycles. The van der Waals surface area contributed by atoms with E-state index in [0.717, 1.165) is 84.9 Å². The summed E-state index contributed by atoms with van der Waals surface area (Å²) >= 11 is 0. The Balaban J connectivity index is 1.37. The van der Waals surface area contributed by atoms with Crippen molar-refractivity contribution in [2.24, 2.45) is 5.92 Å². The van der Waals surface area contributed by atoms with Crippen LogP contribution in [0.15, 0.2) is 36.4 Å². The molecule has 0 aromatic heterocycles. The summed E-state index contributed by atoms with van der Waals surface area (Å²) in [5.41, 5.74) is 5.87. The second-order valence-electron chi connectivity index (χ2n) is 14.0. The molecule has 4 aliphatic rings.